The average molecular weight is 694 g/mol. The van der Waals surface area contributed by atoms with Crippen molar-refractivity contribution in [2.45, 2.75) is 193 Å². The smallest absolute Gasteiger partial charge is 0.220 e. The van der Waals surface area contributed by atoms with Crippen LogP contribution in [-0.2, 0) is 4.79 Å². The van der Waals surface area contributed by atoms with Crippen molar-refractivity contribution < 1.29 is 15.0 Å². The van der Waals surface area contributed by atoms with E-state index in [9.17, 15) is 15.0 Å². The van der Waals surface area contributed by atoms with Gasteiger partial charge in [0, 0.05) is 6.42 Å². The van der Waals surface area contributed by atoms with Crippen molar-refractivity contribution in [2.24, 2.45) is 0 Å². The van der Waals surface area contributed by atoms with E-state index in [0.29, 0.717) is 6.42 Å². The number of aliphatic hydroxyl groups excluding tert-OH is 2. The summed E-state index contributed by atoms with van der Waals surface area (Å²) in [5.41, 5.74) is 0. The number of hydrogen-bond donors (Lipinski definition) is 3. The number of carbonyl (C=O) groups is 1. The van der Waals surface area contributed by atoms with Crippen molar-refractivity contribution in [3.63, 3.8) is 0 Å². The number of allylic oxidation sites excluding steroid dienone is 13. The Morgan fingerprint density at radius 3 is 1.40 bits per heavy atom. The average Bonchev–Trinajstić information content (AvgIpc) is 3.12. The molecule has 4 nitrogen and oxygen atoms in total. The molecular weight excluding hydrogens is 615 g/mol. The van der Waals surface area contributed by atoms with Crippen molar-refractivity contribution in [3.05, 3.63) is 85.1 Å². The molecule has 0 rings (SSSR count). The zero-order valence-corrected chi connectivity index (χ0v) is 32.6. The monoisotopic (exact) mass is 694 g/mol. The van der Waals surface area contributed by atoms with Crippen molar-refractivity contribution in [1.82, 2.24) is 5.32 Å². The Morgan fingerprint density at radius 2 is 0.900 bits per heavy atom. The van der Waals surface area contributed by atoms with E-state index in [0.717, 1.165) is 77.0 Å². The van der Waals surface area contributed by atoms with Gasteiger partial charge in [-0.1, -0.05) is 182 Å². The molecule has 50 heavy (non-hydrogen) atoms. The van der Waals surface area contributed by atoms with Crippen LogP contribution in [0.4, 0.5) is 0 Å². The lowest BCUT2D eigenvalue weighted by Gasteiger charge is -2.19. The van der Waals surface area contributed by atoms with Crippen LogP contribution >= 0.6 is 0 Å². The highest BCUT2D eigenvalue weighted by atomic mass is 16.3. The van der Waals surface area contributed by atoms with E-state index in [1.165, 1.54) is 83.5 Å². The second kappa shape index (κ2) is 41.0. The first-order chi connectivity index (χ1) is 24.7. The van der Waals surface area contributed by atoms with Gasteiger partial charge >= 0.3 is 0 Å². The predicted molar refractivity (Wildman–Crippen MR) is 220 cm³/mol. The Balaban J connectivity index is 3.74. The Morgan fingerprint density at radius 1 is 0.500 bits per heavy atom. The zero-order valence-electron chi connectivity index (χ0n) is 32.6. The first-order valence-electron chi connectivity index (χ1n) is 20.8. The third-order valence-corrected chi connectivity index (χ3v) is 8.86. The molecule has 0 aliphatic rings. The van der Waals surface area contributed by atoms with Crippen molar-refractivity contribution >= 4 is 5.91 Å². The van der Waals surface area contributed by atoms with Gasteiger partial charge < -0.3 is 15.5 Å². The maximum Gasteiger partial charge on any atom is 0.220 e. The Kier molecular flexibility index (Phi) is 39.0. The minimum atomic E-state index is -0.881. The van der Waals surface area contributed by atoms with Crippen LogP contribution in [0.1, 0.15) is 181 Å². The highest BCUT2D eigenvalue weighted by molar-refractivity contribution is 5.76. The SMILES string of the molecule is CC/C=C\C/C=C\C/C=C\C/C=C\C/C=C\CCCCCC(=O)NC(CO)C(O)/C=C/CC/C=C/CCCCCCCCCCCCCCC. The van der Waals surface area contributed by atoms with E-state index in [-0.39, 0.29) is 12.5 Å². The van der Waals surface area contributed by atoms with Gasteiger partial charge in [0.2, 0.25) is 5.91 Å². The lowest BCUT2D eigenvalue weighted by atomic mass is 10.0. The highest BCUT2D eigenvalue weighted by Gasteiger charge is 2.17. The summed E-state index contributed by atoms with van der Waals surface area (Å²) in [6.45, 7) is 4.16. The van der Waals surface area contributed by atoms with E-state index < -0.39 is 12.1 Å². The summed E-state index contributed by atoms with van der Waals surface area (Å²) in [5, 5.41) is 22.9. The molecule has 0 spiro atoms. The normalized spacial score (nSPS) is 13.9. The lowest BCUT2D eigenvalue weighted by molar-refractivity contribution is -0.123. The number of unbranched alkanes of at least 4 members (excludes halogenated alkanes) is 17. The first-order valence-corrected chi connectivity index (χ1v) is 20.8. The van der Waals surface area contributed by atoms with Gasteiger partial charge in [0.25, 0.3) is 0 Å². The lowest BCUT2D eigenvalue weighted by Crippen LogP contribution is -2.45. The second-order valence-corrected chi connectivity index (χ2v) is 13.7. The number of amides is 1. The Labute approximate surface area is 310 Å². The van der Waals surface area contributed by atoms with Crippen LogP contribution in [0.25, 0.3) is 0 Å². The highest BCUT2D eigenvalue weighted by Crippen LogP contribution is 2.13. The van der Waals surface area contributed by atoms with Gasteiger partial charge in [-0.3, -0.25) is 4.79 Å². The summed E-state index contributed by atoms with van der Waals surface area (Å²) in [7, 11) is 0. The number of rotatable bonds is 36. The molecule has 0 bridgehead atoms. The number of aliphatic hydroxyl groups is 2. The fraction of sp³-hybridized carbons (Fsp3) is 0.674. The van der Waals surface area contributed by atoms with E-state index in [1.807, 2.05) is 6.08 Å². The number of nitrogens with one attached hydrogen (secondary N) is 1. The maximum absolute atomic E-state index is 12.4. The summed E-state index contributed by atoms with van der Waals surface area (Å²) < 4.78 is 0. The van der Waals surface area contributed by atoms with Crippen LogP contribution < -0.4 is 5.32 Å². The molecule has 286 valence electrons. The molecule has 0 heterocycles. The van der Waals surface area contributed by atoms with Crippen molar-refractivity contribution in [2.75, 3.05) is 6.61 Å². The van der Waals surface area contributed by atoms with Crippen molar-refractivity contribution in [1.29, 1.82) is 0 Å². The van der Waals surface area contributed by atoms with Crippen LogP contribution in [-0.4, -0.2) is 34.9 Å². The maximum atomic E-state index is 12.4. The van der Waals surface area contributed by atoms with Crippen LogP contribution in [0, 0.1) is 0 Å². The van der Waals surface area contributed by atoms with Crippen LogP contribution in [0.15, 0.2) is 85.1 Å². The molecule has 4 heteroatoms. The first kappa shape index (κ1) is 47.6. The second-order valence-electron chi connectivity index (χ2n) is 13.7. The van der Waals surface area contributed by atoms with Gasteiger partial charge in [-0.2, -0.15) is 0 Å². The van der Waals surface area contributed by atoms with E-state index >= 15 is 0 Å². The molecule has 3 N–H and O–H groups in total. The van der Waals surface area contributed by atoms with Crippen LogP contribution in [0.5, 0.6) is 0 Å². The molecule has 0 aliphatic carbocycles. The van der Waals surface area contributed by atoms with Gasteiger partial charge in [-0.15, -0.1) is 0 Å². The quantitative estimate of drug-likeness (QED) is 0.0452. The molecule has 2 unspecified atom stereocenters. The molecule has 0 aromatic carbocycles. The summed E-state index contributed by atoms with van der Waals surface area (Å²) in [6, 6.07) is -0.661. The molecule has 0 fully saturated rings. The third kappa shape index (κ3) is 36.8. The Bertz CT molecular complexity index is 926. The fourth-order valence-corrected chi connectivity index (χ4v) is 5.69. The summed E-state index contributed by atoms with van der Waals surface area (Å²) in [4.78, 5) is 12.4. The molecule has 0 saturated carbocycles. The topological polar surface area (TPSA) is 69.6 Å². The van der Waals surface area contributed by atoms with Crippen LogP contribution in [0.3, 0.4) is 0 Å². The predicted octanol–water partition coefficient (Wildman–Crippen LogP) is 12.9. The van der Waals surface area contributed by atoms with Gasteiger partial charge in [-0.05, 0) is 77.0 Å². The van der Waals surface area contributed by atoms with Gasteiger partial charge in [-0.25, -0.2) is 0 Å². The van der Waals surface area contributed by atoms with Gasteiger partial charge in [0.15, 0.2) is 0 Å². The molecule has 2 atom stereocenters. The van der Waals surface area contributed by atoms with E-state index in [4.69, 9.17) is 0 Å². The Hall–Kier alpha value is -2.43. The van der Waals surface area contributed by atoms with Crippen LogP contribution in [0.2, 0.25) is 0 Å². The minimum Gasteiger partial charge on any atom is -0.394 e. The summed E-state index contributed by atoms with van der Waals surface area (Å²) in [5.74, 6) is -0.109. The molecule has 0 aromatic heterocycles. The molecule has 1 amide bonds. The van der Waals surface area contributed by atoms with E-state index in [1.54, 1.807) is 6.08 Å². The summed E-state index contributed by atoms with van der Waals surface area (Å²) in [6.07, 6.45) is 59.7. The standard InChI is InChI=1S/C46H79NO3/c1-3-5-7-9-11-13-15-17-19-21-23-25-27-29-31-33-35-37-39-41-45(49)44(43-48)47-46(50)42-40-38-36-34-32-30-28-26-24-22-20-18-16-14-12-10-8-6-4-2/h6,8,12,14,18,20,24,26,30-33,39,41,44-45,48-49H,3-5,7,9-11,13,15-17,19,21-23,25,27-29,34-38,40,42-43H2,1-2H3,(H,47,50)/b8-6-,14-12-,20-18-,26-24-,32-30-,33-31+,41-39+. The molecule has 0 saturated heterocycles. The summed E-state index contributed by atoms with van der Waals surface area (Å²) >= 11 is 0. The number of hydrogen-bond acceptors (Lipinski definition) is 3. The van der Waals surface area contributed by atoms with Gasteiger partial charge in [0.1, 0.15) is 0 Å². The zero-order chi connectivity index (χ0) is 36.4. The van der Waals surface area contributed by atoms with Gasteiger partial charge in [0.05, 0.1) is 18.8 Å². The van der Waals surface area contributed by atoms with E-state index in [2.05, 4.69) is 92.1 Å². The molecule has 0 aromatic rings. The molecule has 0 aliphatic heterocycles. The third-order valence-electron chi connectivity index (χ3n) is 8.86. The molecule has 0 radical (unpaired) electrons. The minimum absolute atomic E-state index is 0.109. The number of carbonyl (C=O) groups excluding carboxylic acids is 1. The fourth-order valence-electron chi connectivity index (χ4n) is 5.69. The van der Waals surface area contributed by atoms with Crippen molar-refractivity contribution in [3.8, 4) is 0 Å². The largest absolute Gasteiger partial charge is 0.394 e. The molecular formula is C46H79NO3.